The number of anilines is 4. The maximum Gasteiger partial charge on any atom is 0.432 e. The highest BCUT2D eigenvalue weighted by molar-refractivity contribution is 7.32. The van der Waals surface area contributed by atoms with Crippen LogP contribution in [0.3, 0.4) is 0 Å². The van der Waals surface area contributed by atoms with Gasteiger partial charge in [0, 0.05) is 42.1 Å². The Morgan fingerprint density at radius 1 is 0.467 bits per heavy atom. The van der Waals surface area contributed by atoms with Crippen molar-refractivity contribution >= 4 is 76.7 Å². The van der Waals surface area contributed by atoms with Crippen molar-refractivity contribution in [3.63, 3.8) is 0 Å². The summed E-state index contributed by atoms with van der Waals surface area (Å²) in [5.74, 6) is 0. The fourth-order valence-corrected chi connectivity index (χ4v) is 9.77. The van der Waals surface area contributed by atoms with Crippen molar-refractivity contribution in [2.45, 2.75) is 0 Å². The fraction of sp³-hybridized carbons (Fsp3) is 0. The van der Waals surface area contributed by atoms with Gasteiger partial charge in [0.2, 0.25) is 0 Å². The van der Waals surface area contributed by atoms with Crippen molar-refractivity contribution in [2.24, 2.45) is 0 Å². The first-order valence-electron chi connectivity index (χ1n) is 15.3. The molecule has 4 heterocycles. The van der Waals surface area contributed by atoms with E-state index in [9.17, 15) is 0 Å². The minimum atomic E-state index is 0.0286. The molecule has 8 aromatic rings. The van der Waals surface area contributed by atoms with E-state index in [0.717, 1.165) is 0 Å². The molecule has 0 N–H and O–H groups in total. The van der Waals surface area contributed by atoms with Gasteiger partial charge in [-0.05, 0) is 64.0 Å². The number of rotatable bonds is 3. The maximum atomic E-state index is 2.62. The Balaban J connectivity index is 1.24. The first-order valence-corrected chi connectivity index (χ1v) is 16.9. The molecular weight excluding hydrogens is 583 g/mol. The van der Waals surface area contributed by atoms with Gasteiger partial charge in [-0.25, -0.2) is 0 Å². The molecule has 2 aliphatic rings. The molecule has 210 valence electrons. The number of thiophene rings is 2. The highest BCUT2D eigenvalue weighted by Crippen LogP contribution is 2.58. The molecule has 2 aromatic heterocycles. The van der Waals surface area contributed by atoms with Gasteiger partial charge in [0.05, 0.1) is 5.69 Å². The van der Waals surface area contributed by atoms with Crippen molar-refractivity contribution < 1.29 is 0 Å². The first kappa shape index (κ1) is 25.3. The van der Waals surface area contributed by atoms with E-state index in [1.165, 1.54) is 80.4 Å². The Morgan fingerprint density at radius 2 is 1.04 bits per heavy atom. The zero-order valence-corrected chi connectivity index (χ0v) is 25.9. The molecule has 0 atom stereocenters. The average molecular weight is 609 g/mol. The van der Waals surface area contributed by atoms with E-state index in [1.54, 1.807) is 0 Å². The van der Waals surface area contributed by atoms with Crippen LogP contribution in [-0.4, -0.2) is 6.98 Å². The number of benzene rings is 6. The molecule has 0 amide bonds. The molecule has 2 nitrogen and oxygen atoms in total. The van der Waals surface area contributed by atoms with Crippen LogP contribution in [0.15, 0.2) is 152 Å². The predicted molar refractivity (Wildman–Crippen MR) is 196 cm³/mol. The molecule has 2 aliphatic heterocycles. The standard InChI is InChI=1S/C40H25BN2S2/c1-3-11-26(12-4-1)28-19-22-30(23-20-28)42-38-32-16-8-10-18-36(32)45-40(38)43-34-24-21-29(27-13-5-2-6-14-27)25-33(34)37-31-15-7-9-17-35(31)44-39(37)41(42)43/h1-25H. The van der Waals surface area contributed by atoms with Crippen molar-refractivity contribution in [1.82, 2.24) is 0 Å². The Bertz CT molecular complexity index is 2390. The largest absolute Gasteiger partial charge is 0.432 e. The van der Waals surface area contributed by atoms with Gasteiger partial charge in [0.25, 0.3) is 0 Å². The third kappa shape index (κ3) is 3.69. The Morgan fingerprint density at radius 3 is 1.78 bits per heavy atom. The van der Waals surface area contributed by atoms with E-state index in [4.69, 9.17) is 0 Å². The summed E-state index contributed by atoms with van der Waals surface area (Å²) < 4.78 is 4.05. The van der Waals surface area contributed by atoms with Crippen LogP contribution in [0.25, 0.3) is 53.6 Å². The van der Waals surface area contributed by atoms with Gasteiger partial charge in [0.15, 0.2) is 0 Å². The quantitative estimate of drug-likeness (QED) is 0.184. The molecule has 0 spiro atoms. The molecule has 6 aromatic carbocycles. The molecule has 0 fully saturated rings. The van der Waals surface area contributed by atoms with Gasteiger partial charge in [-0.2, -0.15) is 0 Å². The third-order valence-corrected chi connectivity index (χ3v) is 11.6. The van der Waals surface area contributed by atoms with Crippen molar-refractivity contribution in [2.75, 3.05) is 9.62 Å². The van der Waals surface area contributed by atoms with Crippen LogP contribution in [0.1, 0.15) is 0 Å². The second-order valence-corrected chi connectivity index (χ2v) is 13.8. The molecular formula is C40H25BN2S2. The summed E-state index contributed by atoms with van der Waals surface area (Å²) in [4.78, 5) is 5.22. The summed E-state index contributed by atoms with van der Waals surface area (Å²) in [5, 5.41) is 3.96. The number of fused-ring (bicyclic) bond motifs is 12. The Labute approximate surface area is 270 Å². The van der Waals surface area contributed by atoms with Gasteiger partial charge >= 0.3 is 6.98 Å². The summed E-state index contributed by atoms with van der Waals surface area (Å²) in [6.45, 7) is 0.0286. The van der Waals surface area contributed by atoms with Crippen LogP contribution >= 0.6 is 22.7 Å². The zero-order chi connectivity index (χ0) is 29.5. The number of hydrogen-bond donors (Lipinski definition) is 0. The lowest BCUT2D eigenvalue weighted by molar-refractivity contribution is 1.40. The zero-order valence-electron chi connectivity index (χ0n) is 24.2. The lowest BCUT2D eigenvalue weighted by atomic mass is 9.64. The lowest BCUT2D eigenvalue weighted by Crippen LogP contribution is -2.54. The minimum Gasteiger partial charge on any atom is -0.358 e. The molecule has 10 rings (SSSR count). The average Bonchev–Trinajstić information content (AvgIpc) is 3.78. The molecule has 0 unspecified atom stereocenters. The summed E-state index contributed by atoms with van der Waals surface area (Å²) >= 11 is 3.85. The lowest BCUT2D eigenvalue weighted by Gasteiger charge is -2.35. The van der Waals surface area contributed by atoms with E-state index in [0.29, 0.717) is 0 Å². The second kappa shape index (κ2) is 9.70. The fourth-order valence-electron chi connectivity index (χ4n) is 7.24. The van der Waals surface area contributed by atoms with E-state index in [1.807, 2.05) is 22.7 Å². The number of hydrogen-bond acceptors (Lipinski definition) is 4. The summed E-state index contributed by atoms with van der Waals surface area (Å²) in [6.07, 6.45) is 0. The van der Waals surface area contributed by atoms with E-state index < -0.39 is 0 Å². The van der Waals surface area contributed by atoms with Crippen molar-refractivity contribution in [3.8, 4) is 33.4 Å². The van der Waals surface area contributed by atoms with Gasteiger partial charge in [-0.3, -0.25) is 0 Å². The highest BCUT2D eigenvalue weighted by atomic mass is 32.1. The van der Waals surface area contributed by atoms with Crippen molar-refractivity contribution in [3.05, 3.63) is 152 Å². The van der Waals surface area contributed by atoms with E-state index in [-0.39, 0.29) is 6.98 Å². The van der Waals surface area contributed by atoms with Gasteiger partial charge in [-0.1, -0.05) is 115 Å². The smallest absolute Gasteiger partial charge is 0.358 e. The molecule has 0 radical (unpaired) electrons. The molecule has 45 heavy (non-hydrogen) atoms. The normalized spacial score (nSPS) is 13.2. The SMILES string of the molecule is c1ccc(-c2ccc(N3B4c5sc6ccccc6c5-c5cc(-c6ccccc6)ccc5N4c4sc5ccccc5c43)cc2)cc1. The van der Waals surface area contributed by atoms with Crippen LogP contribution in [0.4, 0.5) is 22.1 Å². The maximum absolute atomic E-state index is 2.62. The van der Waals surface area contributed by atoms with Crippen LogP contribution < -0.4 is 14.4 Å². The molecule has 0 saturated carbocycles. The summed E-state index contributed by atoms with van der Waals surface area (Å²) in [7, 11) is 0. The van der Waals surface area contributed by atoms with Crippen molar-refractivity contribution in [1.29, 1.82) is 0 Å². The predicted octanol–water partition coefficient (Wildman–Crippen LogP) is 11.1. The van der Waals surface area contributed by atoms with Crippen LogP contribution in [0.2, 0.25) is 0 Å². The Kier molecular flexibility index (Phi) is 5.44. The second-order valence-electron chi connectivity index (χ2n) is 11.7. The first-order chi connectivity index (χ1) is 22.3. The topological polar surface area (TPSA) is 6.48 Å². The monoisotopic (exact) mass is 608 g/mol. The minimum absolute atomic E-state index is 0.0286. The van der Waals surface area contributed by atoms with Gasteiger partial charge in [-0.15, -0.1) is 22.7 Å². The van der Waals surface area contributed by atoms with Crippen LogP contribution in [0.5, 0.6) is 0 Å². The Hall–Kier alpha value is -5.10. The number of nitrogens with zero attached hydrogens (tertiary/aromatic N) is 2. The van der Waals surface area contributed by atoms with E-state index >= 15 is 0 Å². The van der Waals surface area contributed by atoms with E-state index in [2.05, 4.69) is 161 Å². The van der Waals surface area contributed by atoms with Crippen LogP contribution in [0, 0.1) is 0 Å². The highest BCUT2D eigenvalue weighted by Gasteiger charge is 2.51. The third-order valence-electron chi connectivity index (χ3n) is 9.24. The molecule has 0 saturated heterocycles. The summed E-state index contributed by atoms with van der Waals surface area (Å²) in [5.41, 5.74) is 11.4. The molecule has 0 bridgehead atoms. The van der Waals surface area contributed by atoms with Gasteiger partial charge in [0.1, 0.15) is 5.00 Å². The summed E-state index contributed by atoms with van der Waals surface area (Å²) in [6, 6.07) is 55.5. The van der Waals surface area contributed by atoms with Crippen LogP contribution in [-0.2, 0) is 0 Å². The molecule has 5 heteroatoms. The van der Waals surface area contributed by atoms with Gasteiger partial charge < -0.3 is 9.62 Å². The molecule has 0 aliphatic carbocycles.